The minimum atomic E-state index is -0.207. The van der Waals surface area contributed by atoms with Crippen LogP contribution >= 0.6 is 11.3 Å². The quantitative estimate of drug-likeness (QED) is 0.669. The number of pyridine rings is 1. The third-order valence-electron chi connectivity index (χ3n) is 3.71. The minimum Gasteiger partial charge on any atom is -0.493 e. The molecule has 0 saturated carbocycles. The zero-order chi connectivity index (χ0) is 19.2. The molecule has 0 bridgehead atoms. The van der Waals surface area contributed by atoms with Gasteiger partial charge in [0.1, 0.15) is 10.7 Å². The number of ether oxygens (including phenoxy) is 2. The summed E-state index contributed by atoms with van der Waals surface area (Å²) in [5.74, 6) is 1.12. The van der Waals surface area contributed by atoms with E-state index in [9.17, 15) is 4.79 Å². The van der Waals surface area contributed by atoms with Crippen LogP contribution in [-0.4, -0.2) is 29.1 Å². The van der Waals surface area contributed by atoms with E-state index in [0.717, 1.165) is 16.1 Å². The van der Waals surface area contributed by atoms with Crippen molar-refractivity contribution in [1.82, 2.24) is 15.3 Å². The van der Waals surface area contributed by atoms with E-state index in [1.54, 1.807) is 24.9 Å². The largest absolute Gasteiger partial charge is 0.493 e. The molecule has 3 rings (SSSR count). The van der Waals surface area contributed by atoms with Gasteiger partial charge in [-0.25, -0.2) is 4.98 Å². The van der Waals surface area contributed by atoms with Crippen molar-refractivity contribution in [2.45, 2.75) is 26.5 Å². The standard InChI is InChI=1S/C20H21N3O3S/c1-13(2)26-17-5-4-15(10-18(17)25-3)20-23-16(12-27-20)19(24)22-11-14-6-8-21-9-7-14/h4-10,12-13H,11H2,1-3H3,(H,22,24). The molecule has 7 heteroatoms. The van der Waals surface area contributed by atoms with Gasteiger partial charge in [0, 0.05) is 29.9 Å². The average Bonchev–Trinajstić information content (AvgIpc) is 3.17. The van der Waals surface area contributed by atoms with Gasteiger partial charge in [0.15, 0.2) is 11.5 Å². The van der Waals surface area contributed by atoms with Crippen LogP contribution in [0.2, 0.25) is 0 Å². The molecule has 1 amide bonds. The Morgan fingerprint density at radius 1 is 1.19 bits per heavy atom. The summed E-state index contributed by atoms with van der Waals surface area (Å²) in [6.07, 6.45) is 3.45. The van der Waals surface area contributed by atoms with Gasteiger partial charge in [0.25, 0.3) is 5.91 Å². The second-order valence-corrected chi connectivity index (χ2v) is 6.97. The van der Waals surface area contributed by atoms with Crippen LogP contribution in [0.25, 0.3) is 10.6 Å². The summed E-state index contributed by atoms with van der Waals surface area (Å²) in [7, 11) is 1.60. The summed E-state index contributed by atoms with van der Waals surface area (Å²) in [5, 5.41) is 5.37. The van der Waals surface area contributed by atoms with Crippen LogP contribution in [0.1, 0.15) is 29.9 Å². The van der Waals surface area contributed by atoms with Crippen molar-refractivity contribution in [2.24, 2.45) is 0 Å². The lowest BCUT2D eigenvalue weighted by molar-refractivity contribution is 0.0946. The number of benzene rings is 1. The Morgan fingerprint density at radius 3 is 2.67 bits per heavy atom. The normalized spacial score (nSPS) is 10.7. The molecule has 1 aromatic carbocycles. The first-order chi connectivity index (χ1) is 13.1. The zero-order valence-electron chi connectivity index (χ0n) is 15.4. The molecule has 0 fully saturated rings. The lowest BCUT2D eigenvalue weighted by Crippen LogP contribution is -2.23. The lowest BCUT2D eigenvalue weighted by Gasteiger charge is -2.14. The predicted octanol–water partition coefficient (Wildman–Crippen LogP) is 3.93. The monoisotopic (exact) mass is 383 g/mol. The van der Waals surface area contributed by atoms with Gasteiger partial charge in [-0.15, -0.1) is 11.3 Å². The number of rotatable bonds is 7. The Bertz CT molecular complexity index is 910. The van der Waals surface area contributed by atoms with E-state index in [2.05, 4.69) is 15.3 Å². The summed E-state index contributed by atoms with van der Waals surface area (Å²) in [4.78, 5) is 20.8. The number of thiazole rings is 1. The average molecular weight is 383 g/mol. The smallest absolute Gasteiger partial charge is 0.271 e. The Labute approximate surface area is 162 Å². The van der Waals surface area contributed by atoms with Crippen molar-refractivity contribution in [3.05, 3.63) is 59.4 Å². The molecule has 27 heavy (non-hydrogen) atoms. The summed E-state index contributed by atoms with van der Waals surface area (Å²) in [6.45, 7) is 4.36. The fraction of sp³-hybridized carbons (Fsp3) is 0.250. The number of aromatic nitrogens is 2. The predicted molar refractivity (Wildman–Crippen MR) is 105 cm³/mol. The first-order valence-electron chi connectivity index (χ1n) is 8.54. The molecule has 2 heterocycles. The van der Waals surface area contributed by atoms with Gasteiger partial charge in [-0.05, 0) is 49.7 Å². The van der Waals surface area contributed by atoms with E-state index in [4.69, 9.17) is 9.47 Å². The van der Waals surface area contributed by atoms with Crippen molar-refractivity contribution >= 4 is 17.2 Å². The third-order valence-corrected chi connectivity index (χ3v) is 4.60. The van der Waals surface area contributed by atoms with E-state index >= 15 is 0 Å². The van der Waals surface area contributed by atoms with Gasteiger partial charge in [-0.1, -0.05) is 0 Å². The molecule has 140 valence electrons. The Balaban J connectivity index is 1.72. The van der Waals surface area contributed by atoms with Crippen LogP contribution in [-0.2, 0) is 6.54 Å². The molecule has 0 radical (unpaired) electrons. The van der Waals surface area contributed by atoms with Gasteiger partial charge in [0.05, 0.1) is 13.2 Å². The van der Waals surface area contributed by atoms with Crippen molar-refractivity contribution in [3.8, 4) is 22.1 Å². The van der Waals surface area contributed by atoms with Crippen molar-refractivity contribution in [3.63, 3.8) is 0 Å². The molecule has 0 aliphatic heterocycles. The summed E-state index contributed by atoms with van der Waals surface area (Å²) in [6, 6.07) is 9.37. The number of carbonyl (C=O) groups is 1. The first kappa shape index (κ1) is 18.8. The molecule has 1 N–H and O–H groups in total. The van der Waals surface area contributed by atoms with E-state index in [1.807, 2.05) is 44.2 Å². The van der Waals surface area contributed by atoms with Crippen LogP contribution in [0.5, 0.6) is 11.5 Å². The van der Waals surface area contributed by atoms with E-state index in [-0.39, 0.29) is 12.0 Å². The van der Waals surface area contributed by atoms with Gasteiger partial charge in [-0.3, -0.25) is 9.78 Å². The van der Waals surface area contributed by atoms with E-state index < -0.39 is 0 Å². The number of carbonyl (C=O) groups excluding carboxylic acids is 1. The molecule has 0 atom stereocenters. The SMILES string of the molecule is COc1cc(-c2nc(C(=O)NCc3ccncc3)cs2)ccc1OC(C)C. The van der Waals surface area contributed by atoms with E-state index in [1.165, 1.54) is 11.3 Å². The van der Waals surface area contributed by atoms with Crippen LogP contribution in [0.3, 0.4) is 0 Å². The fourth-order valence-corrected chi connectivity index (χ4v) is 3.23. The number of hydrogen-bond acceptors (Lipinski definition) is 6. The minimum absolute atomic E-state index is 0.0558. The molecule has 0 spiro atoms. The highest BCUT2D eigenvalue weighted by Crippen LogP contribution is 2.34. The molecule has 0 saturated heterocycles. The maximum absolute atomic E-state index is 12.3. The number of hydrogen-bond donors (Lipinski definition) is 1. The van der Waals surface area contributed by atoms with E-state index in [0.29, 0.717) is 23.7 Å². The van der Waals surface area contributed by atoms with Gasteiger partial charge < -0.3 is 14.8 Å². The Morgan fingerprint density at radius 2 is 1.96 bits per heavy atom. The zero-order valence-corrected chi connectivity index (χ0v) is 16.2. The van der Waals surface area contributed by atoms with Gasteiger partial charge >= 0.3 is 0 Å². The summed E-state index contributed by atoms with van der Waals surface area (Å²) < 4.78 is 11.2. The van der Waals surface area contributed by atoms with Gasteiger partial charge in [-0.2, -0.15) is 0 Å². The maximum Gasteiger partial charge on any atom is 0.271 e. The lowest BCUT2D eigenvalue weighted by atomic mass is 10.2. The van der Waals surface area contributed by atoms with Crippen LogP contribution in [0, 0.1) is 0 Å². The summed E-state index contributed by atoms with van der Waals surface area (Å²) in [5.41, 5.74) is 2.26. The molecule has 3 aromatic rings. The van der Waals surface area contributed by atoms with Crippen molar-refractivity contribution in [2.75, 3.05) is 7.11 Å². The molecule has 0 aliphatic carbocycles. The van der Waals surface area contributed by atoms with Crippen LogP contribution in [0.15, 0.2) is 48.1 Å². The van der Waals surface area contributed by atoms with Gasteiger partial charge in [0.2, 0.25) is 0 Å². The maximum atomic E-state index is 12.3. The van der Waals surface area contributed by atoms with Crippen molar-refractivity contribution < 1.29 is 14.3 Å². The number of amides is 1. The number of methoxy groups -OCH3 is 1. The van der Waals surface area contributed by atoms with Crippen molar-refractivity contribution in [1.29, 1.82) is 0 Å². The molecule has 0 unspecified atom stereocenters. The molecular weight excluding hydrogens is 362 g/mol. The third kappa shape index (κ3) is 4.83. The summed E-state index contributed by atoms with van der Waals surface area (Å²) >= 11 is 1.41. The van der Waals surface area contributed by atoms with Crippen LogP contribution in [0.4, 0.5) is 0 Å². The fourth-order valence-electron chi connectivity index (χ4n) is 2.44. The van der Waals surface area contributed by atoms with Crippen LogP contribution < -0.4 is 14.8 Å². The Hall–Kier alpha value is -2.93. The highest BCUT2D eigenvalue weighted by atomic mass is 32.1. The molecule has 6 nitrogen and oxygen atoms in total. The second-order valence-electron chi connectivity index (χ2n) is 6.11. The molecular formula is C20H21N3O3S. The second kappa shape index (κ2) is 8.64. The first-order valence-corrected chi connectivity index (χ1v) is 9.42. The molecule has 0 aliphatic rings. The highest BCUT2D eigenvalue weighted by Gasteiger charge is 2.14. The number of nitrogens with one attached hydrogen (secondary N) is 1. The number of nitrogens with zero attached hydrogens (tertiary/aromatic N) is 2. The molecule has 2 aromatic heterocycles. The Kier molecular flexibility index (Phi) is 6.03. The highest BCUT2D eigenvalue weighted by molar-refractivity contribution is 7.13. The topological polar surface area (TPSA) is 73.3 Å².